The van der Waals surface area contributed by atoms with Crippen molar-refractivity contribution in [3.63, 3.8) is 0 Å². The van der Waals surface area contributed by atoms with Gasteiger partial charge in [0.05, 0.1) is 6.54 Å². The van der Waals surface area contributed by atoms with E-state index in [-0.39, 0.29) is 17.8 Å². The van der Waals surface area contributed by atoms with Crippen molar-refractivity contribution in [2.75, 3.05) is 6.54 Å². The topological polar surface area (TPSA) is 82.3 Å². The third kappa shape index (κ3) is 5.61. The molecule has 1 aromatic heterocycles. The Balaban J connectivity index is 2.01. The van der Waals surface area contributed by atoms with Crippen molar-refractivity contribution in [2.45, 2.75) is 39.3 Å². The molecule has 26 heavy (non-hydrogen) atoms. The molecule has 7 heteroatoms. The van der Waals surface area contributed by atoms with Gasteiger partial charge < -0.3 is 14.6 Å². The van der Waals surface area contributed by atoms with Gasteiger partial charge in [0.15, 0.2) is 0 Å². The Morgan fingerprint density at radius 3 is 2.54 bits per heavy atom. The zero-order valence-corrected chi connectivity index (χ0v) is 15.6. The van der Waals surface area contributed by atoms with Gasteiger partial charge in [-0.15, -0.1) is 0 Å². The summed E-state index contributed by atoms with van der Waals surface area (Å²) in [5.41, 5.74) is 0.642. The molecule has 1 N–H and O–H groups in total. The lowest BCUT2D eigenvalue weighted by Gasteiger charge is -2.19. The Kier molecular flexibility index (Phi) is 6.02. The predicted octanol–water partition coefficient (Wildman–Crippen LogP) is 1.66. The molecule has 0 saturated carbocycles. The van der Waals surface area contributed by atoms with Crippen LogP contribution in [0.5, 0.6) is 0 Å². The normalized spacial score (nSPS) is 11.2. The number of hydrogen-bond acceptors (Lipinski definition) is 4. The average Bonchev–Trinajstić information content (AvgIpc) is 2.54. The minimum absolute atomic E-state index is 0.208. The fourth-order valence-electron chi connectivity index (χ4n) is 2.45. The van der Waals surface area contributed by atoms with Gasteiger partial charge in [-0.3, -0.25) is 9.36 Å². The van der Waals surface area contributed by atoms with Crippen LogP contribution in [0.15, 0.2) is 46.1 Å². The first-order valence-corrected chi connectivity index (χ1v) is 8.47. The molecule has 0 bridgehead atoms. The highest BCUT2D eigenvalue weighted by atomic mass is 16.6. The molecular weight excluding hydrogens is 334 g/mol. The lowest BCUT2D eigenvalue weighted by molar-refractivity contribution is 0.0528. The Morgan fingerprint density at radius 2 is 1.85 bits per heavy atom. The maximum atomic E-state index is 12.1. The molecule has 2 rings (SSSR count). The average molecular weight is 359 g/mol. The van der Waals surface area contributed by atoms with Gasteiger partial charge in [0.25, 0.3) is 5.56 Å². The van der Waals surface area contributed by atoms with Crippen LogP contribution in [0, 0.1) is 0 Å². The predicted molar refractivity (Wildman–Crippen MR) is 99.4 cm³/mol. The Bertz CT molecular complexity index is 891. The molecule has 0 unspecified atom stereocenters. The van der Waals surface area contributed by atoms with Crippen molar-refractivity contribution in [1.82, 2.24) is 14.5 Å². The van der Waals surface area contributed by atoms with Crippen molar-refractivity contribution in [2.24, 2.45) is 7.05 Å². The van der Waals surface area contributed by atoms with E-state index in [9.17, 15) is 14.4 Å². The number of benzene rings is 1. The van der Waals surface area contributed by atoms with E-state index in [0.717, 1.165) is 11.1 Å². The van der Waals surface area contributed by atoms with Crippen molar-refractivity contribution >= 4 is 6.09 Å². The van der Waals surface area contributed by atoms with E-state index in [1.54, 1.807) is 7.05 Å². The number of alkyl carbamates (subject to hydrolysis) is 1. The molecule has 1 aromatic carbocycles. The number of nitrogens with zero attached hydrogens (tertiary/aromatic N) is 2. The minimum Gasteiger partial charge on any atom is -0.444 e. The Morgan fingerprint density at radius 1 is 1.15 bits per heavy atom. The van der Waals surface area contributed by atoms with E-state index in [1.165, 1.54) is 21.4 Å². The summed E-state index contributed by atoms with van der Waals surface area (Å²) < 4.78 is 7.75. The minimum atomic E-state index is -0.529. The lowest BCUT2D eigenvalue weighted by Crippen LogP contribution is -2.38. The largest absolute Gasteiger partial charge is 0.444 e. The van der Waals surface area contributed by atoms with Gasteiger partial charge in [-0.2, -0.15) is 0 Å². The van der Waals surface area contributed by atoms with Crippen LogP contribution in [0.1, 0.15) is 31.9 Å². The first kappa shape index (κ1) is 19.5. The molecule has 2 aromatic rings. The molecule has 1 heterocycles. The fraction of sp³-hybridized carbons (Fsp3) is 0.421. The van der Waals surface area contributed by atoms with E-state index < -0.39 is 11.7 Å². The monoisotopic (exact) mass is 359 g/mol. The van der Waals surface area contributed by atoms with E-state index in [1.807, 2.05) is 45.0 Å². The molecule has 1 amide bonds. The van der Waals surface area contributed by atoms with E-state index in [4.69, 9.17) is 4.74 Å². The highest BCUT2D eigenvalue weighted by Crippen LogP contribution is 2.08. The quantitative estimate of drug-likeness (QED) is 0.880. The molecular formula is C19H25N3O4. The number of nitrogens with one attached hydrogen (secondary N) is 1. The summed E-state index contributed by atoms with van der Waals surface area (Å²) in [6.07, 6.45) is 1.63. The zero-order valence-electron chi connectivity index (χ0n) is 15.6. The first-order valence-electron chi connectivity index (χ1n) is 8.47. The second-order valence-electron chi connectivity index (χ2n) is 7.13. The van der Waals surface area contributed by atoms with Crippen LogP contribution in [0.2, 0.25) is 0 Å². The summed E-state index contributed by atoms with van der Waals surface area (Å²) in [6.45, 7) is 6.08. The molecule has 0 aliphatic carbocycles. The molecule has 0 atom stereocenters. The number of carbonyl (C=O) groups is 1. The van der Waals surface area contributed by atoms with Crippen LogP contribution in [0.3, 0.4) is 0 Å². The fourth-order valence-corrected chi connectivity index (χ4v) is 2.45. The number of carbonyl (C=O) groups excluding carboxylic acids is 1. The second-order valence-corrected chi connectivity index (χ2v) is 7.13. The van der Waals surface area contributed by atoms with Gasteiger partial charge in [-0.25, -0.2) is 9.59 Å². The molecule has 0 fully saturated rings. The molecule has 0 spiro atoms. The maximum absolute atomic E-state index is 12.1. The third-order valence-corrected chi connectivity index (χ3v) is 3.65. The van der Waals surface area contributed by atoms with Crippen LogP contribution in [0.25, 0.3) is 0 Å². The summed E-state index contributed by atoms with van der Waals surface area (Å²) in [5, 5.41) is 2.71. The molecule has 7 nitrogen and oxygen atoms in total. The Labute approximate surface area is 152 Å². The van der Waals surface area contributed by atoms with E-state index >= 15 is 0 Å². The lowest BCUT2D eigenvalue weighted by atomic mass is 10.1. The summed E-state index contributed by atoms with van der Waals surface area (Å²) in [7, 11) is 1.61. The van der Waals surface area contributed by atoms with Gasteiger partial charge in [-0.1, -0.05) is 24.3 Å². The van der Waals surface area contributed by atoms with Gasteiger partial charge in [-0.05, 0) is 38.3 Å². The number of aryl methyl sites for hydroxylation is 1. The molecule has 0 aliphatic heterocycles. The molecule has 140 valence electrons. The van der Waals surface area contributed by atoms with Crippen LogP contribution < -0.4 is 16.6 Å². The highest BCUT2D eigenvalue weighted by Gasteiger charge is 2.15. The number of ether oxygens (including phenoxy) is 1. The van der Waals surface area contributed by atoms with Gasteiger partial charge in [0.1, 0.15) is 5.60 Å². The van der Waals surface area contributed by atoms with Crippen molar-refractivity contribution in [3.8, 4) is 0 Å². The summed E-state index contributed by atoms with van der Waals surface area (Å²) in [4.78, 5) is 35.7. The maximum Gasteiger partial charge on any atom is 0.407 e. The van der Waals surface area contributed by atoms with Crippen molar-refractivity contribution < 1.29 is 9.53 Å². The number of aromatic nitrogens is 2. The van der Waals surface area contributed by atoms with Gasteiger partial charge in [0, 0.05) is 25.9 Å². The third-order valence-electron chi connectivity index (χ3n) is 3.65. The second kappa shape index (κ2) is 8.03. The van der Waals surface area contributed by atoms with Crippen LogP contribution in [-0.4, -0.2) is 27.4 Å². The van der Waals surface area contributed by atoms with Crippen molar-refractivity contribution in [1.29, 1.82) is 0 Å². The van der Waals surface area contributed by atoms with Crippen LogP contribution in [0.4, 0.5) is 4.79 Å². The van der Waals surface area contributed by atoms with E-state index in [0.29, 0.717) is 13.0 Å². The van der Waals surface area contributed by atoms with E-state index in [2.05, 4.69) is 5.32 Å². The molecule has 0 radical (unpaired) electrons. The standard InChI is InChI=1S/C19H25N3O4/c1-19(2,3)26-17(24)20-10-8-14-6-5-7-15(12-14)13-22-16(23)9-11-21(4)18(22)25/h5-7,9,11-12H,8,10,13H2,1-4H3,(H,20,24). The molecule has 0 aliphatic rings. The first-order chi connectivity index (χ1) is 12.2. The SMILES string of the molecule is Cn1ccc(=O)n(Cc2cccc(CCNC(=O)OC(C)(C)C)c2)c1=O. The number of rotatable bonds is 5. The molecule has 0 saturated heterocycles. The van der Waals surface area contributed by atoms with Gasteiger partial charge in [0.2, 0.25) is 0 Å². The number of amides is 1. The smallest absolute Gasteiger partial charge is 0.407 e. The van der Waals surface area contributed by atoms with Crippen molar-refractivity contribution in [3.05, 3.63) is 68.5 Å². The highest BCUT2D eigenvalue weighted by molar-refractivity contribution is 5.67. The van der Waals surface area contributed by atoms with Gasteiger partial charge >= 0.3 is 11.8 Å². The van der Waals surface area contributed by atoms with Crippen LogP contribution >= 0.6 is 0 Å². The van der Waals surface area contributed by atoms with Crippen LogP contribution in [-0.2, 0) is 24.8 Å². The zero-order chi connectivity index (χ0) is 19.3. The summed E-state index contributed by atoms with van der Waals surface area (Å²) in [5.74, 6) is 0. The summed E-state index contributed by atoms with van der Waals surface area (Å²) in [6, 6.07) is 8.97. The summed E-state index contributed by atoms with van der Waals surface area (Å²) >= 11 is 0. The number of hydrogen-bond donors (Lipinski definition) is 1. The Hall–Kier alpha value is -2.83.